The Morgan fingerprint density at radius 2 is 1.90 bits per heavy atom. The Kier molecular flexibility index (Phi) is 4.54. The number of sulfone groups is 1. The van der Waals surface area contributed by atoms with Crippen LogP contribution in [0.15, 0.2) is 53.7 Å². The van der Waals surface area contributed by atoms with E-state index in [2.05, 4.69) is 10.3 Å². The van der Waals surface area contributed by atoms with E-state index in [1.54, 1.807) is 0 Å². The maximum atomic E-state index is 12.1. The molecule has 0 saturated heterocycles. The van der Waals surface area contributed by atoms with E-state index in [1.807, 2.05) is 30.3 Å². The van der Waals surface area contributed by atoms with Crippen LogP contribution in [0.4, 0.5) is 5.69 Å². The van der Waals surface area contributed by atoms with Gasteiger partial charge in [-0.15, -0.1) is 0 Å². The van der Waals surface area contributed by atoms with Gasteiger partial charge in [0.1, 0.15) is 5.75 Å². The zero-order valence-corrected chi connectivity index (χ0v) is 12.0. The van der Waals surface area contributed by atoms with Crippen LogP contribution in [0.25, 0.3) is 0 Å². The molecule has 0 saturated carbocycles. The van der Waals surface area contributed by atoms with E-state index in [0.717, 1.165) is 5.56 Å². The fourth-order valence-electron chi connectivity index (χ4n) is 1.78. The topological polar surface area (TPSA) is 102 Å². The Balaban J connectivity index is 2.01. The van der Waals surface area contributed by atoms with Gasteiger partial charge in [-0.25, -0.2) is 8.42 Å². The van der Waals surface area contributed by atoms with Crippen molar-refractivity contribution in [2.24, 2.45) is 0 Å². The van der Waals surface area contributed by atoms with Crippen LogP contribution in [0.2, 0.25) is 0 Å². The number of nitrogens with one attached hydrogen (secondary N) is 1. The molecule has 0 aliphatic carbocycles. The molecule has 0 unspecified atom stereocenters. The molecule has 1 aromatic heterocycles. The summed E-state index contributed by atoms with van der Waals surface area (Å²) in [5, 5.41) is 2.57. The normalized spacial score (nSPS) is 11.0. The number of nitrogen functional groups attached to an aromatic ring is 1. The number of nitrogens with two attached hydrogens (primary N) is 1. The third kappa shape index (κ3) is 4.03. The Morgan fingerprint density at radius 3 is 2.57 bits per heavy atom. The second-order valence-electron chi connectivity index (χ2n) is 4.43. The van der Waals surface area contributed by atoms with Gasteiger partial charge in [0, 0.05) is 12.7 Å². The highest BCUT2D eigenvalue weighted by Gasteiger charge is 2.21. The molecular formula is C14H15N3O3S. The van der Waals surface area contributed by atoms with Gasteiger partial charge in [-0.1, -0.05) is 30.3 Å². The summed E-state index contributed by atoms with van der Waals surface area (Å²) in [6.07, 6.45) is 2.57. The van der Waals surface area contributed by atoms with Gasteiger partial charge >= 0.3 is 0 Å². The molecule has 0 fully saturated rings. The maximum absolute atomic E-state index is 12.1. The van der Waals surface area contributed by atoms with Crippen molar-refractivity contribution in [3.8, 4) is 0 Å². The number of benzene rings is 1. The minimum absolute atomic E-state index is 0.0355. The van der Waals surface area contributed by atoms with Crippen LogP contribution < -0.4 is 11.1 Å². The number of carbonyl (C=O) groups excluding carboxylic acids is 1. The molecule has 7 heteroatoms. The van der Waals surface area contributed by atoms with Gasteiger partial charge in [-0.2, -0.15) is 0 Å². The predicted molar refractivity (Wildman–Crippen MR) is 79.0 cm³/mol. The molecule has 1 amide bonds. The van der Waals surface area contributed by atoms with E-state index in [9.17, 15) is 13.2 Å². The van der Waals surface area contributed by atoms with Crippen molar-refractivity contribution in [2.45, 2.75) is 11.4 Å². The van der Waals surface area contributed by atoms with E-state index in [1.165, 1.54) is 18.5 Å². The molecule has 1 aromatic carbocycles. The van der Waals surface area contributed by atoms with Crippen LogP contribution in [0.1, 0.15) is 5.56 Å². The number of anilines is 1. The highest BCUT2D eigenvalue weighted by Crippen LogP contribution is 2.17. The third-order valence-electron chi connectivity index (χ3n) is 2.80. The number of hydrogen-bond acceptors (Lipinski definition) is 5. The average molecular weight is 305 g/mol. The summed E-state index contributed by atoms with van der Waals surface area (Å²) in [5.41, 5.74) is 6.50. The smallest absolute Gasteiger partial charge is 0.235 e. The summed E-state index contributed by atoms with van der Waals surface area (Å²) >= 11 is 0. The second kappa shape index (κ2) is 6.36. The molecule has 0 bridgehead atoms. The van der Waals surface area contributed by atoms with Crippen LogP contribution in [-0.4, -0.2) is 25.1 Å². The van der Waals surface area contributed by atoms with Crippen LogP contribution in [0.3, 0.4) is 0 Å². The molecule has 0 radical (unpaired) electrons. The van der Waals surface area contributed by atoms with Crippen molar-refractivity contribution in [1.29, 1.82) is 0 Å². The highest BCUT2D eigenvalue weighted by atomic mass is 32.2. The number of hydrogen-bond donors (Lipinski definition) is 2. The van der Waals surface area contributed by atoms with Gasteiger partial charge < -0.3 is 11.1 Å². The van der Waals surface area contributed by atoms with Crippen molar-refractivity contribution < 1.29 is 13.2 Å². The van der Waals surface area contributed by atoms with Crippen molar-refractivity contribution in [3.05, 3.63) is 54.4 Å². The Hall–Kier alpha value is -2.41. The largest absolute Gasteiger partial charge is 0.396 e. The Morgan fingerprint density at radius 1 is 1.19 bits per heavy atom. The number of amides is 1. The van der Waals surface area contributed by atoms with Crippen molar-refractivity contribution >= 4 is 21.4 Å². The minimum atomic E-state index is -3.77. The Labute approximate surface area is 122 Å². The van der Waals surface area contributed by atoms with Crippen LogP contribution in [0, 0.1) is 0 Å². The predicted octanol–water partition coefficient (Wildman–Crippen LogP) is 0.754. The van der Waals surface area contributed by atoms with Gasteiger partial charge in [-0.3, -0.25) is 9.78 Å². The fourth-order valence-corrected chi connectivity index (χ4v) is 3.06. The number of aromatic nitrogens is 1. The van der Waals surface area contributed by atoms with Gasteiger partial charge in [0.25, 0.3) is 0 Å². The van der Waals surface area contributed by atoms with Crippen molar-refractivity contribution in [1.82, 2.24) is 10.3 Å². The molecule has 2 rings (SSSR count). The Bertz CT molecular complexity index is 730. The lowest BCUT2D eigenvalue weighted by Crippen LogP contribution is -2.30. The first-order chi connectivity index (χ1) is 9.99. The van der Waals surface area contributed by atoms with E-state index in [4.69, 9.17) is 5.73 Å². The summed E-state index contributed by atoms with van der Waals surface area (Å²) < 4.78 is 24.2. The lowest BCUT2D eigenvalue weighted by atomic mass is 10.2. The zero-order chi connectivity index (χ0) is 15.3. The summed E-state index contributed by atoms with van der Waals surface area (Å²) in [4.78, 5) is 15.4. The monoisotopic (exact) mass is 305 g/mol. The van der Waals surface area contributed by atoms with Gasteiger partial charge in [-0.05, 0) is 11.6 Å². The molecule has 0 aliphatic heterocycles. The first kappa shape index (κ1) is 15.0. The number of nitrogens with zero attached hydrogens (tertiary/aromatic N) is 1. The number of rotatable bonds is 5. The summed E-state index contributed by atoms with van der Waals surface area (Å²) in [6, 6.07) is 10.5. The van der Waals surface area contributed by atoms with Crippen LogP contribution in [0.5, 0.6) is 0 Å². The molecular weight excluding hydrogens is 290 g/mol. The molecule has 6 nitrogen and oxygen atoms in total. The first-order valence-electron chi connectivity index (χ1n) is 6.22. The fraction of sp³-hybridized carbons (Fsp3) is 0.143. The molecule has 1 heterocycles. The zero-order valence-electron chi connectivity index (χ0n) is 11.2. The van der Waals surface area contributed by atoms with Crippen molar-refractivity contribution in [2.75, 3.05) is 11.5 Å². The number of pyridine rings is 1. The molecule has 110 valence electrons. The van der Waals surface area contributed by atoms with E-state index >= 15 is 0 Å². The molecule has 0 aliphatic rings. The molecule has 0 spiro atoms. The van der Waals surface area contributed by atoms with E-state index < -0.39 is 21.5 Å². The second-order valence-corrected chi connectivity index (χ2v) is 6.39. The standard InChI is InChI=1S/C14H15N3O3S/c15-12-9-16-7-6-13(12)21(19,20)10-14(18)17-8-11-4-2-1-3-5-11/h1-7,9H,8,10,15H2,(H,17,18). The lowest BCUT2D eigenvalue weighted by Gasteiger charge is -2.08. The van der Waals surface area contributed by atoms with Crippen LogP contribution >= 0.6 is 0 Å². The summed E-state index contributed by atoms with van der Waals surface area (Å²) in [5.74, 6) is -1.22. The summed E-state index contributed by atoms with van der Waals surface area (Å²) in [6.45, 7) is 0.279. The van der Waals surface area contributed by atoms with Crippen molar-refractivity contribution in [3.63, 3.8) is 0 Å². The van der Waals surface area contributed by atoms with E-state index in [0.29, 0.717) is 0 Å². The minimum Gasteiger partial charge on any atom is -0.396 e. The van der Waals surface area contributed by atoms with Gasteiger partial charge in [0.05, 0.1) is 16.8 Å². The maximum Gasteiger partial charge on any atom is 0.235 e. The van der Waals surface area contributed by atoms with Gasteiger partial charge in [0.15, 0.2) is 9.84 Å². The molecule has 21 heavy (non-hydrogen) atoms. The third-order valence-corrected chi connectivity index (χ3v) is 4.48. The number of carbonyl (C=O) groups is 1. The SMILES string of the molecule is Nc1cnccc1S(=O)(=O)CC(=O)NCc1ccccc1. The molecule has 3 N–H and O–H groups in total. The van der Waals surface area contributed by atoms with Crippen LogP contribution in [-0.2, 0) is 21.2 Å². The molecule has 2 aromatic rings. The van der Waals surface area contributed by atoms with E-state index in [-0.39, 0.29) is 17.1 Å². The lowest BCUT2D eigenvalue weighted by molar-refractivity contribution is -0.118. The summed E-state index contributed by atoms with van der Waals surface area (Å²) in [7, 11) is -3.77. The molecule has 0 atom stereocenters. The first-order valence-corrected chi connectivity index (χ1v) is 7.87. The highest BCUT2D eigenvalue weighted by molar-refractivity contribution is 7.92. The van der Waals surface area contributed by atoms with Gasteiger partial charge in [0.2, 0.25) is 5.91 Å². The quantitative estimate of drug-likeness (QED) is 0.849. The average Bonchev–Trinajstić information content (AvgIpc) is 2.46.